The molecule has 0 N–H and O–H groups in total. The number of para-hydroxylation sites is 1. The van der Waals surface area contributed by atoms with Crippen molar-refractivity contribution in [1.29, 1.82) is 0 Å². The Morgan fingerprint density at radius 1 is 0.340 bits per heavy atom. The van der Waals surface area contributed by atoms with Gasteiger partial charge in [0.05, 0.1) is 5.69 Å². The molecule has 0 unspecified atom stereocenters. The average Bonchev–Trinajstić information content (AvgIpc) is 3.58. The highest BCUT2D eigenvalue weighted by atomic mass is 32.1. The fourth-order valence-electron chi connectivity index (χ4n) is 7.72. The van der Waals surface area contributed by atoms with Crippen molar-refractivity contribution in [3.63, 3.8) is 0 Å². The van der Waals surface area contributed by atoms with Crippen molar-refractivity contribution in [2.45, 2.75) is 0 Å². The smallest absolute Gasteiger partial charge is 0.0540 e. The summed E-state index contributed by atoms with van der Waals surface area (Å²) in [4.78, 5) is 2.42. The summed E-state index contributed by atoms with van der Waals surface area (Å²) in [6.45, 7) is 0. The summed E-state index contributed by atoms with van der Waals surface area (Å²) in [5.41, 5.74) is 8.23. The molecule has 0 amide bonds. The van der Waals surface area contributed by atoms with Crippen LogP contribution in [0.4, 0.5) is 17.1 Å². The fourth-order valence-corrected chi connectivity index (χ4v) is 8.84. The first-order valence-electron chi connectivity index (χ1n) is 17.1. The second-order valence-corrected chi connectivity index (χ2v) is 14.0. The Bertz CT molecular complexity index is 2870. The number of fused-ring (bicyclic) bond motifs is 8. The molecule has 0 bridgehead atoms. The van der Waals surface area contributed by atoms with E-state index in [2.05, 4.69) is 193 Å². The standard InChI is InChI=1S/C48H31NS/c1-2-12-32(13-3-1)39-16-8-10-20-45(39)49(37-27-28-40-35(30-37)24-29-47-48(40)43-19-9-11-21-46(43)50-47)36-25-22-33(23-26-36)44-31-34-14-4-5-15-38(34)41-17-6-7-18-42(41)44/h1-31H. The van der Waals surface area contributed by atoms with Gasteiger partial charge in [-0.3, -0.25) is 0 Å². The van der Waals surface area contributed by atoms with Crippen LogP contribution < -0.4 is 4.90 Å². The minimum absolute atomic E-state index is 1.11. The highest BCUT2D eigenvalue weighted by Gasteiger charge is 2.19. The van der Waals surface area contributed by atoms with E-state index >= 15 is 0 Å². The third-order valence-electron chi connectivity index (χ3n) is 10.0. The molecule has 0 aliphatic carbocycles. The number of thiophene rings is 1. The van der Waals surface area contributed by atoms with Crippen LogP contribution in [0.2, 0.25) is 0 Å². The van der Waals surface area contributed by atoms with Crippen LogP contribution >= 0.6 is 11.3 Å². The first kappa shape index (κ1) is 28.8. The Balaban J connectivity index is 1.16. The van der Waals surface area contributed by atoms with E-state index < -0.39 is 0 Å². The van der Waals surface area contributed by atoms with Crippen molar-refractivity contribution < 1.29 is 0 Å². The van der Waals surface area contributed by atoms with Crippen molar-refractivity contribution >= 4 is 80.9 Å². The lowest BCUT2D eigenvalue weighted by molar-refractivity contribution is 1.29. The van der Waals surface area contributed by atoms with Gasteiger partial charge in [-0.05, 0) is 97.5 Å². The molecule has 2 heteroatoms. The molecule has 9 aromatic carbocycles. The molecule has 0 aliphatic rings. The van der Waals surface area contributed by atoms with Crippen LogP contribution in [0.3, 0.4) is 0 Å². The zero-order valence-electron chi connectivity index (χ0n) is 27.3. The van der Waals surface area contributed by atoms with Crippen molar-refractivity contribution in [2.24, 2.45) is 0 Å². The minimum Gasteiger partial charge on any atom is -0.310 e. The highest BCUT2D eigenvalue weighted by molar-refractivity contribution is 7.26. The van der Waals surface area contributed by atoms with Crippen molar-refractivity contribution in [3.8, 4) is 22.3 Å². The largest absolute Gasteiger partial charge is 0.310 e. The van der Waals surface area contributed by atoms with Gasteiger partial charge in [-0.1, -0.05) is 140 Å². The number of hydrogen-bond acceptors (Lipinski definition) is 2. The highest BCUT2D eigenvalue weighted by Crippen LogP contribution is 2.45. The molecule has 1 nitrogen and oxygen atoms in total. The summed E-state index contributed by atoms with van der Waals surface area (Å²) in [7, 11) is 0. The Kier molecular flexibility index (Phi) is 6.75. The van der Waals surface area contributed by atoms with Gasteiger partial charge >= 0.3 is 0 Å². The van der Waals surface area contributed by atoms with Crippen LogP contribution in [0.25, 0.3) is 74.7 Å². The van der Waals surface area contributed by atoms with Gasteiger partial charge in [-0.2, -0.15) is 0 Å². The topological polar surface area (TPSA) is 3.24 Å². The molecule has 10 rings (SSSR count). The Labute approximate surface area is 294 Å². The number of hydrogen-bond donors (Lipinski definition) is 0. The summed E-state index contributed by atoms with van der Waals surface area (Å²) in [6, 6.07) is 68.7. The van der Waals surface area contributed by atoms with Crippen molar-refractivity contribution in [3.05, 3.63) is 188 Å². The maximum Gasteiger partial charge on any atom is 0.0540 e. The lowest BCUT2D eigenvalue weighted by atomic mass is 9.93. The average molecular weight is 654 g/mol. The van der Waals surface area contributed by atoms with Crippen LogP contribution in [0.1, 0.15) is 0 Å². The molecule has 10 aromatic rings. The molecule has 0 saturated heterocycles. The van der Waals surface area contributed by atoms with Crippen LogP contribution in [0.15, 0.2) is 188 Å². The van der Waals surface area contributed by atoms with E-state index in [1.54, 1.807) is 0 Å². The quantitative estimate of drug-likeness (QED) is 0.167. The Morgan fingerprint density at radius 2 is 0.980 bits per heavy atom. The van der Waals surface area contributed by atoms with Gasteiger partial charge in [-0.25, -0.2) is 0 Å². The predicted octanol–water partition coefficient (Wildman–Crippen LogP) is 14.3. The summed E-state index contributed by atoms with van der Waals surface area (Å²) >= 11 is 1.87. The van der Waals surface area contributed by atoms with Gasteiger partial charge in [0.15, 0.2) is 0 Å². The predicted molar refractivity (Wildman–Crippen MR) is 217 cm³/mol. The molecular formula is C48H31NS. The van der Waals surface area contributed by atoms with Gasteiger partial charge in [0, 0.05) is 37.1 Å². The molecule has 0 spiro atoms. The van der Waals surface area contributed by atoms with Crippen LogP contribution in [-0.4, -0.2) is 0 Å². The SMILES string of the molecule is c1ccc(-c2ccccc2N(c2ccc(-c3cc4ccccc4c4ccccc34)cc2)c2ccc3c(ccc4sc5ccccc5c43)c2)cc1. The number of benzene rings is 9. The molecule has 234 valence electrons. The van der Waals surface area contributed by atoms with Crippen LogP contribution in [-0.2, 0) is 0 Å². The molecule has 50 heavy (non-hydrogen) atoms. The first-order chi connectivity index (χ1) is 24.8. The number of rotatable bonds is 5. The van der Waals surface area contributed by atoms with Crippen LogP contribution in [0, 0.1) is 0 Å². The second-order valence-electron chi connectivity index (χ2n) is 12.9. The maximum atomic E-state index is 2.42. The molecule has 0 atom stereocenters. The second kappa shape index (κ2) is 11.7. The Hall–Kier alpha value is -6.22. The molecule has 0 fully saturated rings. The van der Waals surface area contributed by atoms with Crippen LogP contribution in [0.5, 0.6) is 0 Å². The van der Waals surface area contributed by atoms with Gasteiger partial charge < -0.3 is 4.90 Å². The normalized spacial score (nSPS) is 11.6. The molecule has 1 heterocycles. The van der Waals surface area contributed by atoms with E-state index in [0.717, 1.165) is 17.1 Å². The molecule has 0 radical (unpaired) electrons. The van der Waals surface area contributed by atoms with Crippen molar-refractivity contribution in [1.82, 2.24) is 0 Å². The lowest BCUT2D eigenvalue weighted by Gasteiger charge is -2.28. The van der Waals surface area contributed by atoms with Gasteiger partial charge in [-0.15, -0.1) is 11.3 Å². The number of anilines is 3. The van der Waals surface area contributed by atoms with Crippen molar-refractivity contribution in [2.75, 3.05) is 4.90 Å². The van der Waals surface area contributed by atoms with E-state index in [1.807, 2.05) is 11.3 Å². The third-order valence-corrected chi connectivity index (χ3v) is 11.2. The summed E-state index contributed by atoms with van der Waals surface area (Å²) < 4.78 is 2.66. The first-order valence-corrected chi connectivity index (χ1v) is 17.9. The monoisotopic (exact) mass is 653 g/mol. The molecular weight excluding hydrogens is 623 g/mol. The molecule has 1 aromatic heterocycles. The zero-order chi connectivity index (χ0) is 33.0. The van der Waals surface area contributed by atoms with E-state index in [9.17, 15) is 0 Å². The van der Waals surface area contributed by atoms with E-state index in [-0.39, 0.29) is 0 Å². The summed E-state index contributed by atoms with van der Waals surface area (Å²) in [5.74, 6) is 0. The Morgan fingerprint density at radius 3 is 1.84 bits per heavy atom. The zero-order valence-corrected chi connectivity index (χ0v) is 28.1. The van der Waals surface area contributed by atoms with E-state index in [0.29, 0.717) is 0 Å². The van der Waals surface area contributed by atoms with E-state index in [4.69, 9.17) is 0 Å². The minimum atomic E-state index is 1.11. The van der Waals surface area contributed by atoms with E-state index in [1.165, 1.54) is 74.7 Å². The van der Waals surface area contributed by atoms with Gasteiger partial charge in [0.1, 0.15) is 0 Å². The van der Waals surface area contributed by atoms with Gasteiger partial charge in [0.25, 0.3) is 0 Å². The maximum absolute atomic E-state index is 2.42. The summed E-state index contributed by atoms with van der Waals surface area (Å²) in [6.07, 6.45) is 0. The summed E-state index contributed by atoms with van der Waals surface area (Å²) in [5, 5.41) is 10.3. The fraction of sp³-hybridized carbons (Fsp3) is 0. The third kappa shape index (κ3) is 4.69. The molecule has 0 saturated carbocycles. The number of nitrogens with zero attached hydrogens (tertiary/aromatic N) is 1. The molecule has 0 aliphatic heterocycles. The lowest BCUT2D eigenvalue weighted by Crippen LogP contribution is -2.11. The van der Waals surface area contributed by atoms with Gasteiger partial charge in [0.2, 0.25) is 0 Å².